The number of benzene rings is 2. The van der Waals surface area contributed by atoms with Crippen molar-refractivity contribution in [2.75, 3.05) is 11.6 Å². The molecule has 0 unspecified atom stereocenters. The number of rotatable bonds is 7. The fraction of sp³-hybridized carbons (Fsp3) is 0.375. The van der Waals surface area contributed by atoms with Crippen LogP contribution in [-0.4, -0.2) is 6.54 Å². The van der Waals surface area contributed by atoms with Crippen LogP contribution in [0.5, 0.6) is 0 Å². The topological polar surface area (TPSA) is 32.7 Å². The lowest BCUT2D eigenvalue weighted by Gasteiger charge is -2.17. The van der Waals surface area contributed by atoms with E-state index in [1.807, 2.05) is 30.3 Å². The molecule has 0 N–H and O–H groups in total. The second-order valence-electron chi connectivity index (χ2n) is 4.76. The third kappa shape index (κ3) is 3.31. The summed E-state index contributed by atoms with van der Waals surface area (Å²) >= 11 is 0. The van der Waals surface area contributed by atoms with E-state index < -0.39 is 0 Å². The van der Waals surface area contributed by atoms with Crippen LogP contribution in [0.4, 0.5) is 5.69 Å². The van der Waals surface area contributed by atoms with Crippen molar-refractivity contribution in [3.63, 3.8) is 0 Å². The highest BCUT2D eigenvalue weighted by molar-refractivity contribution is 5.94. The molecule has 0 spiro atoms. The lowest BCUT2D eigenvalue weighted by molar-refractivity contribution is 0.651. The van der Waals surface area contributed by atoms with Gasteiger partial charge in [0.2, 0.25) is 0 Å². The van der Waals surface area contributed by atoms with E-state index in [0.717, 1.165) is 29.3 Å². The Labute approximate surface area is 114 Å². The Hall–Kier alpha value is -1.90. The summed E-state index contributed by atoms with van der Waals surface area (Å²) in [5, 5.41) is 7.00. The van der Waals surface area contributed by atoms with E-state index in [1.54, 1.807) is 5.01 Å². The van der Waals surface area contributed by atoms with Crippen LogP contribution in [0.15, 0.2) is 47.8 Å². The van der Waals surface area contributed by atoms with Gasteiger partial charge < -0.3 is 0 Å². The fourth-order valence-electron chi connectivity index (χ4n) is 2.33. The zero-order valence-electron chi connectivity index (χ0n) is 11.4. The molecular weight excluding hydrogens is 236 g/mol. The van der Waals surface area contributed by atoms with Crippen LogP contribution in [0.1, 0.15) is 32.6 Å². The van der Waals surface area contributed by atoms with E-state index in [-0.39, 0.29) is 0 Å². The van der Waals surface area contributed by atoms with E-state index in [0.29, 0.717) is 6.54 Å². The van der Waals surface area contributed by atoms with Gasteiger partial charge in [0.05, 0.1) is 11.0 Å². The lowest BCUT2D eigenvalue weighted by atomic mass is 10.1. The van der Waals surface area contributed by atoms with Crippen LogP contribution >= 0.6 is 0 Å². The number of nitroso groups, excluding NO2 is 1. The van der Waals surface area contributed by atoms with E-state index in [1.165, 1.54) is 12.8 Å². The largest absolute Gasteiger partial charge is 0.229 e. The second-order valence-corrected chi connectivity index (χ2v) is 4.76. The van der Waals surface area contributed by atoms with Gasteiger partial charge in [0, 0.05) is 11.9 Å². The van der Waals surface area contributed by atoms with Gasteiger partial charge in [-0.2, -0.15) is 0 Å². The molecule has 19 heavy (non-hydrogen) atoms. The minimum Gasteiger partial charge on any atom is -0.229 e. The first kappa shape index (κ1) is 13.5. The zero-order valence-corrected chi connectivity index (χ0v) is 11.4. The predicted molar refractivity (Wildman–Crippen MR) is 81.2 cm³/mol. The molecule has 2 aromatic rings. The summed E-state index contributed by atoms with van der Waals surface area (Å²) in [7, 11) is 0. The summed E-state index contributed by atoms with van der Waals surface area (Å²) in [6.45, 7) is 2.87. The lowest BCUT2D eigenvalue weighted by Crippen LogP contribution is -2.17. The fourth-order valence-corrected chi connectivity index (χ4v) is 2.33. The van der Waals surface area contributed by atoms with Gasteiger partial charge in [-0.15, -0.1) is 4.91 Å². The zero-order chi connectivity index (χ0) is 13.5. The Balaban J connectivity index is 2.18. The molecule has 3 nitrogen and oxygen atoms in total. The number of unbranched alkanes of at least 4 members (excludes halogenated alkanes) is 3. The highest BCUT2D eigenvalue weighted by Gasteiger charge is 2.09. The van der Waals surface area contributed by atoms with Gasteiger partial charge in [0.1, 0.15) is 0 Å². The first-order chi connectivity index (χ1) is 9.36. The van der Waals surface area contributed by atoms with Crippen molar-refractivity contribution in [3.05, 3.63) is 47.4 Å². The van der Waals surface area contributed by atoms with Crippen molar-refractivity contribution < 1.29 is 0 Å². The van der Waals surface area contributed by atoms with Gasteiger partial charge in [0.25, 0.3) is 0 Å². The van der Waals surface area contributed by atoms with E-state index in [9.17, 15) is 4.91 Å². The molecule has 0 saturated heterocycles. The SMILES string of the molecule is CCCCCCN(N=O)c1cccc2ccccc12. The van der Waals surface area contributed by atoms with Crippen molar-refractivity contribution in [3.8, 4) is 0 Å². The Morgan fingerprint density at radius 2 is 1.79 bits per heavy atom. The van der Waals surface area contributed by atoms with Gasteiger partial charge >= 0.3 is 0 Å². The molecule has 0 amide bonds. The van der Waals surface area contributed by atoms with Crippen molar-refractivity contribution in [1.29, 1.82) is 0 Å². The molecule has 0 radical (unpaired) electrons. The van der Waals surface area contributed by atoms with Gasteiger partial charge in [-0.05, 0) is 17.9 Å². The smallest absolute Gasteiger partial charge is 0.0704 e. The normalized spacial score (nSPS) is 10.6. The van der Waals surface area contributed by atoms with E-state index >= 15 is 0 Å². The summed E-state index contributed by atoms with van der Waals surface area (Å²) in [5.41, 5.74) is 0.907. The van der Waals surface area contributed by atoms with E-state index in [4.69, 9.17) is 0 Å². The maximum absolute atomic E-state index is 11.1. The van der Waals surface area contributed by atoms with Crippen molar-refractivity contribution in [2.45, 2.75) is 32.6 Å². The monoisotopic (exact) mass is 256 g/mol. The predicted octanol–water partition coefficient (Wildman–Crippen LogP) is 4.91. The first-order valence-corrected chi connectivity index (χ1v) is 6.95. The van der Waals surface area contributed by atoms with Crippen LogP contribution in [0.2, 0.25) is 0 Å². The molecule has 0 fully saturated rings. The summed E-state index contributed by atoms with van der Waals surface area (Å²) in [5.74, 6) is 0. The third-order valence-corrected chi connectivity index (χ3v) is 3.37. The third-order valence-electron chi connectivity index (χ3n) is 3.37. The standard InChI is InChI=1S/C16H20N2O/c1-2-3-4-7-13-18(17-19)16-12-8-10-14-9-5-6-11-15(14)16/h5-6,8-12H,2-4,7,13H2,1H3. The number of hydrogen-bond donors (Lipinski definition) is 0. The summed E-state index contributed by atoms with van der Waals surface area (Å²) < 4.78 is 0. The van der Waals surface area contributed by atoms with Crippen LogP contribution in [0, 0.1) is 4.91 Å². The summed E-state index contributed by atoms with van der Waals surface area (Å²) in [4.78, 5) is 11.1. The molecule has 2 rings (SSSR count). The summed E-state index contributed by atoms with van der Waals surface area (Å²) in [6.07, 6.45) is 4.56. The minimum atomic E-state index is 0.692. The van der Waals surface area contributed by atoms with Crippen molar-refractivity contribution in [2.24, 2.45) is 5.29 Å². The highest BCUT2D eigenvalue weighted by Crippen LogP contribution is 2.27. The first-order valence-electron chi connectivity index (χ1n) is 6.95. The Morgan fingerprint density at radius 3 is 2.58 bits per heavy atom. The van der Waals surface area contributed by atoms with Crippen LogP contribution < -0.4 is 5.01 Å². The van der Waals surface area contributed by atoms with Crippen LogP contribution in [0.3, 0.4) is 0 Å². The van der Waals surface area contributed by atoms with Crippen molar-refractivity contribution >= 4 is 16.5 Å². The number of fused-ring (bicyclic) bond motifs is 1. The highest BCUT2D eigenvalue weighted by atomic mass is 16.3. The van der Waals surface area contributed by atoms with Crippen LogP contribution in [0.25, 0.3) is 10.8 Å². The second kappa shape index (κ2) is 6.88. The van der Waals surface area contributed by atoms with Gasteiger partial charge in [-0.25, -0.2) is 5.01 Å². The number of nitrogens with zero attached hydrogens (tertiary/aromatic N) is 2. The average Bonchev–Trinajstić information content (AvgIpc) is 2.47. The molecule has 0 atom stereocenters. The molecule has 0 heterocycles. The molecule has 0 aromatic heterocycles. The summed E-state index contributed by atoms with van der Waals surface area (Å²) in [6, 6.07) is 14.1. The van der Waals surface area contributed by atoms with Crippen LogP contribution in [-0.2, 0) is 0 Å². The molecule has 0 aliphatic heterocycles. The molecule has 0 aliphatic carbocycles. The molecule has 3 heteroatoms. The average molecular weight is 256 g/mol. The van der Waals surface area contributed by atoms with Crippen molar-refractivity contribution in [1.82, 2.24) is 0 Å². The quantitative estimate of drug-likeness (QED) is 0.400. The van der Waals surface area contributed by atoms with Gasteiger partial charge in [-0.1, -0.05) is 62.6 Å². The number of hydrogen-bond acceptors (Lipinski definition) is 2. The minimum absolute atomic E-state index is 0.692. The van der Waals surface area contributed by atoms with Gasteiger partial charge in [-0.3, -0.25) is 0 Å². The van der Waals surface area contributed by atoms with Gasteiger partial charge in [0.15, 0.2) is 0 Å². The Morgan fingerprint density at radius 1 is 1.00 bits per heavy atom. The Bertz CT molecular complexity index is 534. The maximum Gasteiger partial charge on any atom is 0.0704 e. The van der Waals surface area contributed by atoms with E-state index in [2.05, 4.69) is 24.3 Å². The Kier molecular flexibility index (Phi) is 4.90. The number of anilines is 1. The molecule has 0 aliphatic rings. The molecule has 2 aromatic carbocycles. The molecule has 100 valence electrons. The molecule has 0 bridgehead atoms. The molecule has 0 saturated carbocycles. The maximum atomic E-state index is 11.1. The molecular formula is C16H20N2O.